The van der Waals surface area contributed by atoms with Gasteiger partial charge in [0.15, 0.2) is 0 Å². The third-order valence-electron chi connectivity index (χ3n) is 21.6. The number of benzene rings is 8. The van der Waals surface area contributed by atoms with Crippen molar-refractivity contribution in [2.24, 2.45) is 0 Å². The van der Waals surface area contributed by atoms with Gasteiger partial charge in [-0.05, 0) is 211 Å². The molecule has 0 radical (unpaired) electrons. The van der Waals surface area contributed by atoms with Crippen molar-refractivity contribution in [3.63, 3.8) is 0 Å². The fourth-order valence-corrected chi connectivity index (χ4v) is 16.1. The molecule has 0 N–H and O–H groups in total. The van der Waals surface area contributed by atoms with Crippen LogP contribution in [0.2, 0.25) is 0 Å². The normalized spacial score (nSPS) is 19.9. The van der Waals surface area contributed by atoms with Crippen molar-refractivity contribution in [3.05, 3.63) is 216 Å². The van der Waals surface area contributed by atoms with Crippen LogP contribution in [0.15, 0.2) is 182 Å². The first-order valence-electron chi connectivity index (χ1n) is 32.1. The molecule has 2 aliphatic carbocycles. The molecule has 86 heavy (non-hydrogen) atoms. The molecular formula is C81H87BN4. The van der Waals surface area contributed by atoms with E-state index in [-0.39, 0.29) is 44.7 Å². The summed E-state index contributed by atoms with van der Waals surface area (Å²) in [7, 11) is 0. The number of aromatic nitrogens is 1. The van der Waals surface area contributed by atoms with Crippen LogP contribution >= 0.6 is 0 Å². The predicted octanol–water partition coefficient (Wildman–Crippen LogP) is 20.1. The highest BCUT2D eigenvalue weighted by atomic mass is 15.3. The van der Waals surface area contributed by atoms with Gasteiger partial charge in [0.1, 0.15) is 0 Å². The summed E-state index contributed by atoms with van der Waals surface area (Å²) >= 11 is 0. The summed E-state index contributed by atoms with van der Waals surface area (Å²) in [5.74, 6) is 0. The third-order valence-corrected chi connectivity index (χ3v) is 21.6. The summed E-state index contributed by atoms with van der Waals surface area (Å²) in [5.41, 5.74) is 29.2. The molecule has 8 aromatic carbocycles. The Morgan fingerprint density at radius 2 is 0.907 bits per heavy atom. The van der Waals surface area contributed by atoms with Gasteiger partial charge in [0.05, 0.1) is 16.9 Å². The van der Waals surface area contributed by atoms with Crippen LogP contribution in [0.25, 0.3) is 33.4 Å². The molecule has 9 aromatic rings. The van der Waals surface area contributed by atoms with Crippen LogP contribution in [-0.4, -0.2) is 17.2 Å². The van der Waals surface area contributed by atoms with E-state index in [0.717, 1.165) is 31.2 Å². The van der Waals surface area contributed by atoms with Gasteiger partial charge in [-0.3, -0.25) is 4.98 Å². The van der Waals surface area contributed by atoms with Crippen molar-refractivity contribution in [1.29, 1.82) is 0 Å². The van der Waals surface area contributed by atoms with Crippen LogP contribution in [0, 0.1) is 0 Å². The van der Waals surface area contributed by atoms with Gasteiger partial charge >= 0.3 is 0 Å². The standard InChI is InChI=1S/C81H87BN4/c1-75(2,3)56-31-35-67(60(44-56)52-25-18-16-19-26-52)84-70-37-33-59(86-69-34-30-54(55-29-24-42-83-51-55)43-64(69)80(14)38-22-23-39-81(80,86)15)48-65(70)82-66-49-62-63(79(12,13)41-40-78(62,10)11)50-71(66)85(73-47-58(77(7,8)9)46-72(84)74(73)82)68-36-32-57(76(4,5)6)45-61(68)53-27-20-17-21-28-53/h16-21,24-37,42-51H,22-23,38-41H2,1-15H3. The largest absolute Gasteiger partial charge is 0.334 e. The second-order valence-electron chi connectivity index (χ2n) is 31.1. The summed E-state index contributed by atoms with van der Waals surface area (Å²) in [6.07, 6.45) is 10.9. The Balaban J connectivity index is 1.12. The fraction of sp³-hybridized carbons (Fsp3) is 0.346. The van der Waals surface area contributed by atoms with Crippen LogP contribution in [0.5, 0.6) is 0 Å². The van der Waals surface area contributed by atoms with E-state index in [1.54, 1.807) is 0 Å². The van der Waals surface area contributed by atoms with Gasteiger partial charge in [0.25, 0.3) is 6.71 Å². The molecule has 3 aliphatic heterocycles. The van der Waals surface area contributed by atoms with Gasteiger partial charge in [-0.2, -0.15) is 0 Å². The second kappa shape index (κ2) is 19.4. The van der Waals surface area contributed by atoms with E-state index in [2.05, 4.69) is 293 Å². The quantitative estimate of drug-likeness (QED) is 0.155. The number of anilines is 8. The summed E-state index contributed by atoms with van der Waals surface area (Å²) in [6, 6.07) is 67.1. The first kappa shape index (κ1) is 56.2. The second-order valence-corrected chi connectivity index (χ2v) is 31.1. The molecule has 4 nitrogen and oxygen atoms in total. The molecule has 1 saturated carbocycles. The maximum Gasteiger partial charge on any atom is 0.252 e. The van der Waals surface area contributed by atoms with Crippen molar-refractivity contribution >= 4 is 68.6 Å². The summed E-state index contributed by atoms with van der Waals surface area (Å²) in [4.78, 5) is 12.8. The average Bonchev–Trinajstić information content (AvgIpc) is 1.09. The van der Waals surface area contributed by atoms with Crippen LogP contribution < -0.4 is 31.1 Å². The molecule has 4 heterocycles. The molecule has 1 aromatic heterocycles. The zero-order valence-electron chi connectivity index (χ0n) is 53.9. The predicted molar refractivity (Wildman–Crippen MR) is 369 cm³/mol. The van der Waals surface area contributed by atoms with E-state index in [1.807, 2.05) is 12.4 Å². The van der Waals surface area contributed by atoms with Crippen molar-refractivity contribution in [2.75, 3.05) is 14.7 Å². The minimum Gasteiger partial charge on any atom is -0.334 e. The van der Waals surface area contributed by atoms with E-state index in [1.165, 1.54) is 136 Å². The molecule has 0 spiro atoms. The Labute approximate surface area is 514 Å². The molecule has 1 fully saturated rings. The number of fused-ring (bicyclic) bond motifs is 8. The summed E-state index contributed by atoms with van der Waals surface area (Å²) in [5, 5.41) is 0. The maximum atomic E-state index is 4.58. The maximum absolute atomic E-state index is 4.58. The molecule has 14 rings (SSSR count). The number of hydrogen-bond donors (Lipinski definition) is 0. The minimum absolute atomic E-state index is 0.0216. The van der Waals surface area contributed by atoms with E-state index in [4.69, 9.17) is 0 Å². The molecule has 0 amide bonds. The van der Waals surface area contributed by atoms with Gasteiger partial charge in [-0.25, -0.2) is 0 Å². The average molecular weight is 1130 g/mol. The Morgan fingerprint density at radius 1 is 0.395 bits per heavy atom. The van der Waals surface area contributed by atoms with E-state index >= 15 is 0 Å². The lowest BCUT2D eigenvalue weighted by Gasteiger charge is -2.51. The first-order valence-corrected chi connectivity index (χ1v) is 32.1. The van der Waals surface area contributed by atoms with Crippen molar-refractivity contribution in [3.8, 4) is 33.4 Å². The number of hydrogen-bond acceptors (Lipinski definition) is 4. The van der Waals surface area contributed by atoms with Gasteiger partial charge in [0.2, 0.25) is 0 Å². The topological polar surface area (TPSA) is 22.6 Å². The van der Waals surface area contributed by atoms with E-state index in [0.29, 0.717) is 0 Å². The van der Waals surface area contributed by atoms with E-state index in [9.17, 15) is 0 Å². The highest BCUT2D eigenvalue weighted by Gasteiger charge is 2.58. The molecule has 2 atom stereocenters. The van der Waals surface area contributed by atoms with Gasteiger partial charge < -0.3 is 14.7 Å². The monoisotopic (exact) mass is 1130 g/mol. The Bertz CT molecular complexity index is 4170. The highest BCUT2D eigenvalue weighted by molar-refractivity contribution is 7.00. The lowest BCUT2D eigenvalue weighted by atomic mass is 9.33. The molecule has 5 heteroatoms. The van der Waals surface area contributed by atoms with Crippen molar-refractivity contribution in [1.82, 2.24) is 4.98 Å². The Hall–Kier alpha value is -7.63. The Morgan fingerprint density at radius 3 is 1.47 bits per heavy atom. The fourth-order valence-electron chi connectivity index (χ4n) is 16.1. The molecule has 0 saturated heterocycles. The third kappa shape index (κ3) is 8.70. The zero-order valence-corrected chi connectivity index (χ0v) is 53.9. The molecule has 5 aliphatic rings. The van der Waals surface area contributed by atoms with Crippen LogP contribution in [0.1, 0.15) is 176 Å². The van der Waals surface area contributed by atoms with Crippen LogP contribution in [0.3, 0.4) is 0 Å². The lowest BCUT2D eigenvalue weighted by molar-refractivity contribution is 0.195. The van der Waals surface area contributed by atoms with Gasteiger partial charge in [-0.15, -0.1) is 0 Å². The van der Waals surface area contributed by atoms with Crippen LogP contribution in [-0.2, 0) is 32.5 Å². The van der Waals surface area contributed by atoms with Crippen molar-refractivity contribution in [2.45, 2.75) is 180 Å². The summed E-state index contributed by atoms with van der Waals surface area (Å²) < 4.78 is 0. The van der Waals surface area contributed by atoms with Crippen molar-refractivity contribution < 1.29 is 0 Å². The first-order chi connectivity index (χ1) is 40.8. The zero-order chi connectivity index (χ0) is 60.3. The minimum atomic E-state index is -0.191. The SMILES string of the molecule is CC(C)(C)c1ccc(N2c3ccc(N4c5ccc(-c6cccnc6)cc5C5(C)CCCCC45C)cc3B3c4cc5c(cc4N(c4ccc(C(C)(C)C)cc4-c4ccccc4)c4cc(C(C)(C)C)cc2c43)C(C)(C)CCC5(C)C)c(-c2ccccc2)c1. The highest BCUT2D eigenvalue weighted by Crippen LogP contribution is 2.62. The van der Waals surface area contributed by atoms with Crippen LogP contribution in [0.4, 0.5) is 45.5 Å². The number of nitrogens with zero attached hydrogens (tertiary/aromatic N) is 4. The van der Waals surface area contributed by atoms with E-state index < -0.39 is 0 Å². The summed E-state index contributed by atoms with van der Waals surface area (Å²) in [6.45, 7) is 36.4. The molecule has 434 valence electrons. The van der Waals surface area contributed by atoms with Gasteiger partial charge in [0, 0.05) is 63.1 Å². The number of pyridine rings is 1. The molecular weight excluding hydrogens is 1040 g/mol. The number of rotatable bonds is 6. The smallest absolute Gasteiger partial charge is 0.252 e. The molecule has 2 unspecified atom stereocenters. The van der Waals surface area contributed by atoms with Gasteiger partial charge in [-0.1, -0.05) is 201 Å². The molecule has 0 bridgehead atoms. The lowest BCUT2D eigenvalue weighted by Crippen LogP contribution is -2.62. The Kier molecular flexibility index (Phi) is 12.7.